The van der Waals surface area contributed by atoms with Gasteiger partial charge in [-0.25, -0.2) is 4.98 Å². The fourth-order valence-corrected chi connectivity index (χ4v) is 3.67. The molecule has 0 unspecified atom stereocenters. The Labute approximate surface area is 161 Å². The summed E-state index contributed by atoms with van der Waals surface area (Å²) in [7, 11) is 0. The van der Waals surface area contributed by atoms with E-state index in [-0.39, 0.29) is 5.56 Å². The van der Waals surface area contributed by atoms with Gasteiger partial charge < -0.3 is 0 Å². The molecule has 122 valence electrons. The Kier molecular flexibility index (Phi) is 4.46. The molecule has 0 spiro atoms. The molecule has 0 aliphatic rings. The van der Waals surface area contributed by atoms with Gasteiger partial charge in [-0.3, -0.25) is 4.79 Å². The SMILES string of the molecule is O=c1c2cc(I)ccc2nc(-c2cccs2)n1/N=C/c1ccccc1. The molecule has 25 heavy (non-hydrogen) atoms. The van der Waals surface area contributed by atoms with Crippen LogP contribution < -0.4 is 5.56 Å². The Balaban J connectivity index is 1.96. The van der Waals surface area contributed by atoms with E-state index in [1.54, 1.807) is 6.21 Å². The molecule has 0 fully saturated rings. The van der Waals surface area contributed by atoms with Crippen molar-refractivity contribution in [1.82, 2.24) is 9.66 Å². The first-order valence-electron chi connectivity index (χ1n) is 7.58. The second kappa shape index (κ2) is 6.89. The Hall–Kier alpha value is -2.32. The van der Waals surface area contributed by atoms with E-state index in [0.717, 1.165) is 14.0 Å². The van der Waals surface area contributed by atoms with Crippen molar-refractivity contribution in [3.8, 4) is 10.7 Å². The van der Waals surface area contributed by atoms with E-state index >= 15 is 0 Å². The van der Waals surface area contributed by atoms with Crippen molar-refractivity contribution >= 4 is 51.0 Å². The van der Waals surface area contributed by atoms with E-state index in [2.05, 4.69) is 32.7 Å². The monoisotopic (exact) mass is 457 g/mol. The quantitative estimate of drug-likeness (QED) is 0.333. The Morgan fingerprint density at radius 1 is 1.08 bits per heavy atom. The van der Waals surface area contributed by atoms with Crippen LogP contribution in [0.1, 0.15) is 5.56 Å². The first-order valence-corrected chi connectivity index (χ1v) is 9.54. The number of thiophene rings is 1. The van der Waals surface area contributed by atoms with Crippen molar-refractivity contribution in [2.75, 3.05) is 0 Å². The average Bonchev–Trinajstić information content (AvgIpc) is 3.17. The molecule has 4 nitrogen and oxygen atoms in total. The van der Waals surface area contributed by atoms with Crippen molar-refractivity contribution in [2.45, 2.75) is 0 Å². The number of nitrogens with zero attached hydrogens (tertiary/aromatic N) is 3. The van der Waals surface area contributed by atoms with E-state index in [9.17, 15) is 4.79 Å². The maximum Gasteiger partial charge on any atom is 0.282 e. The zero-order valence-corrected chi connectivity index (χ0v) is 15.9. The van der Waals surface area contributed by atoms with Crippen LogP contribution in [-0.4, -0.2) is 15.9 Å². The minimum Gasteiger partial charge on any atom is -0.267 e. The first-order chi connectivity index (χ1) is 12.2. The molecule has 0 atom stereocenters. The summed E-state index contributed by atoms with van der Waals surface area (Å²) < 4.78 is 2.38. The van der Waals surface area contributed by atoms with Crippen molar-refractivity contribution < 1.29 is 0 Å². The standard InChI is InChI=1S/C19H12IN3OS/c20-14-8-9-16-15(11-14)19(24)23(18(22-16)17-7-4-10-25-17)21-12-13-5-2-1-3-6-13/h1-12H/b21-12+. The molecule has 4 rings (SSSR count). The summed E-state index contributed by atoms with van der Waals surface area (Å²) in [5.41, 5.74) is 1.44. The number of fused-ring (bicyclic) bond motifs is 1. The van der Waals surface area contributed by atoms with Crippen LogP contribution in [0.5, 0.6) is 0 Å². The number of rotatable bonds is 3. The Bertz CT molecular complexity index is 1120. The van der Waals surface area contributed by atoms with Crippen molar-refractivity contribution in [2.24, 2.45) is 5.10 Å². The van der Waals surface area contributed by atoms with Crippen LogP contribution >= 0.6 is 33.9 Å². The Morgan fingerprint density at radius 2 is 1.92 bits per heavy atom. The van der Waals surface area contributed by atoms with E-state index in [1.807, 2.05) is 66.0 Å². The number of benzene rings is 2. The van der Waals surface area contributed by atoms with Gasteiger partial charge in [0.25, 0.3) is 5.56 Å². The molecule has 2 aromatic carbocycles. The zero-order chi connectivity index (χ0) is 17.2. The first kappa shape index (κ1) is 16.2. The maximum absolute atomic E-state index is 13.0. The van der Waals surface area contributed by atoms with E-state index in [4.69, 9.17) is 0 Å². The second-order valence-corrected chi connectivity index (χ2v) is 7.54. The molecule has 0 radical (unpaired) electrons. The van der Waals surface area contributed by atoms with E-state index in [0.29, 0.717) is 16.7 Å². The third-order valence-corrected chi connectivity index (χ3v) is 5.21. The Morgan fingerprint density at radius 3 is 2.68 bits per heavy atom. The molecule has 0 N–H and O–H groups in total. The lowest BCUT2D eigenvalue weighted by atomic mass is 10.2. The summed E-state index contributed by atoms with van der Waals surface area (Å²) in [5.74, 6) is 0.556. The van der Waals surface area contributed by atoms with Crippen molar-refractivity contribution in [3.05, 3.63) is 85.5 Å². The molecule has 0 amide bonds. The molecular weight excluding hydrogens is 445 g/mol. The summed E-state index contributed by atoms with van der Waals surface area (Å²) >= 11 is 3.73. The van der Waals surface area contributed by atoms with Gasteiger partial charge >= 0.3 is 0 Å². The smallest absolute Gasteiger partial charge is 0.267 e. The number of hydrogen-bond donors (Lipinski definition) is 0. The number of aromatic nitrogens is 2. The van der Waals surface area contributed by atoms with Crippen LogP contribution in [0.15, 0.2) is 75.9 Å². The minimum atomic E-state index is -0.168. The normalized spacial score (nSPS) is 11.4. The van der Waals surface area contributed by atoms with E-state index < -0.39 is 0 Å². The summed E-state index contributed by atoms with van der Waals surface area (Å²) in [5, 5.41) is 6.96. The molecule has 0 aliphatic heterocycles. The van der Waals surface area contributed by atoms with Gasteiger partial charge in [-0.05, 0) is 57.8 Å². The lowest BCUT2D eigenvalue weighted by Crippen LogP contribution is -2.20. The van der Waals surface area contributed by atoms with Crippen molar-refractivity contribution in [1.29, 1.82) is 0 Å². The highest BCUT2D eigenvalue weighted by Gasteiger charge is 2.13. The third-order valence-electron chi connectivity index (χ3n) is 3.67. The topological polar surface area (TPSA) is 47.2 Å². The van der Waals surface area contributed by atoms with Gasteiger partial charge in [-0.1, -0.05) is 36.4 Å². The van der Waals surface area contributed by atoms with Crippen molar-refractivity contribution in [3.63, 3.8) is 0 Å². The number of hydrogen-bond acceptors (Lipinski definition) is 4. The van der Waals surface area contributed by atoms with Crippen LogP contribution in [0.25, 0.3) is 21.6 Å². The lowest BCUT2D eigenvalue weighted by Gasteiger charge is -2.08. The maximum atomic E-state index is 13.0. The van der Waals surface area contributed by atoms with Gasteiger partial charge in [0.15, 0.2) is 5.82 Å². The highest BCUT2D eigenvalue weighted by Crippen LogP contribution is 2.24. The molecule has 0 saturated carbocycles. The lowest BCUT2D eigenvalue weighted by molar-refractivity contribution is 0.832. The summed E-state index contributed by atoms with van der Waals surface area (Å²) in [6.07, 6.45) is 1.68. The van der Waals surface area contributed by atoms with Crippen LogP contribution in [0.4, 0.5) is 0 Å². The second-order valence-electron chi connectivity index (χ2n) is 5.35. The molecule has 0 bridgehead atoms. The van der Waals surface area contributed by atoms with E-state index in [1.165, 1.54) is 16.0 Å². The highest BCUT2D eigenvalue weighted by molar-refractivity contribution is 14.1. The molecule has 4 aromatic rings. The van der Waals surface area contributed by atoms with Crippen LogP contribution in [-0.2, 0) is 0 Å². The molecule has 0 aliphatic carbocycles. The van der Waals surface area contributed by atoms with Crippen LogP contribution in [0, 0.1) is 3.57 Å². The number of halogens is 1. The van der Waals surface area contributed by atoms with Gasteiger partial charge in [0.2, 0.25) is 0 Å². The largest absolute Gasteiger partial charge is 0.282 e. The predicted molar refractivity (Wildman–Crippen MR) is 111 cm³/mol. The van der Waals surface area contributed by atoms with Crippen LogP contribution in [0.3, 0.4) is 0 Å². The predicted octanol–water partition coefficient (Wildman–Crippen LogP) is 4.61. The van der Waals surface area contributed by atoms with Gasteiger partial charge in [0.1, 0.15) is 0 Å². The average molecular weight is 457 g/mol. The third kappa shape index (κ3) is 3.27. The van der Waals surface area contributed by atoms with Crippen LogP contribution in [0.2, 0.25) is 0 Å². The fourth-order valence-electron chi connectivity index (χ4n) is 2.48. The van der Waals surface area contributed by atoms with Gasteiger partial charge in [0.05, 0.1) is 22.0 Å². The molecule has 6 heteroatoms. The molecular formula is C19H12IN3OS. The minimum absolute atomic E-state index is 0.168. The fraction of sp³-hybridized carbons (Fsp3) is 0. The molecule has 0 saturated heterocycles. The highest BCUT2D eigenvalue weighted by atomic mass is 127. The summed E-state index contributed by atoms with van der Waals surface area (Å²) in [6, 6.07) is 19.3. The van der Waals surface area contributed by atoms with Gasteiger partial charge in [-0.2, -0.15) is 9.78 Å². The van der Waals surface area contributed by atoms with Gasteiger partial charge in [0, 0.05) is 3.57 Å². The summed E-state index contributed by atoms with van der Waals surface area (Å²) in [6.45, 7) is 0. The molecule has 2 aromatic heterocycles. The zero-order valence-electron chi connectivity index (χ0n) is 13.0. The molecule has 2 heterocycles. The van der Waals surface area contributed by atoms with Gasteiger partial charge in [-0.15, -0.1) is 11.3 Å². The summed E-state index contributed by atoms with van der Waals surface area (Å²) in [4.78, 5) is 18.6.